The first-order valence-corrected chi connectivity index (χ1v) is 8.32. The monoisotopic (exact) mass is 348 g/mol. The Bertz CT molecular complexity index is 888. The number of carboxylic acid groups (broad SMARTS) is 1. The molecule has 3 aromatic rings. The number of methoxy groups -OCH3 is 1. The van der Waals surface area contributed by atoms with Crippen molar-refractivity contribution in [1.82, 2.24) is 0 Å². The van der Waals surface area contributed by atoms with Gasteiger partial charge in [0.1, 0.15) is 18.1 Å². The average molecular weight is 348 g/mol. The van der Waals surface area contributed by atoms with Crippen molar-refractivity contribution < 1.29 is 19.4 Å². The third-order valence-electron chi connectivity index (χ3n) is 4.06. The van der Waals surface area contributed by atoms with Gasteiger partial charge in [-0.1, -0.05) is 54.6 Å². The van der Waals surface area contributed by atoms with Gasteiger partial charge in [0.15, 0.2) is 0 Å². The first kappa shape index (κ1) is 17.5. The summed E-state index contributed by atoms with van der Waals surface area (Å²) >= 11 is 0. The molecule has 0 amide bonds. The van der Waals surface area contributed by atoms with Crippen molar-refractivity contribution >= 4 is 5.97 Å². The summed E-state index contributed by atoms with van der Waals surface area (Å²) in [4.78, 5) is 11.3. The van der Waals surface area contributed by atoms with Crippen molar-refractivity contribution in [3.63, 3.8) is 0 Å². The molecule has 0 unspecified atom stereocenters. The van der Waals surface area contributed by atoms with Crippen molar-refractivity contribution in [3.8, 4) is 22.6 Å². The lowest BCUT2D eigenvalue weighted by Gasteiger charge is -2.14. The smallest absolute Gasteiger partial charge is 0.307 e. The van der Waals surface area contributed by atoms with Crippen molar-refractivity contribution in [2.24, 2.45) is 0 Å². The molecule has 1 N–H and O–H groups in total. The van der Waals surface area contributed by atoms with Gasteiger partial charge in [0, 0.05) is 11.1 Å². The molecule has 0 saturated heterocycles. The SMILES string of the molecule is COc1ccccc1-c1ccc(OCc2ccccc2)c(CC(=O)O)c1. The van der Waals surface area contributed by atoms with Crippen LogP contribution in [0.1, 0.15) is 11.1 Å². The zero-order valence-electron chi connectivity index (χ0n) is 14.5. The van der Waals surface area contributed by atoms with Gasteiger partial charge < -0.3 is 14.6 Å². The van der Waals surface area contributed by atoms with Crippen LogP contribution < -0.4 is 9.47 Å². The predicted molar refractivity (Wildman–Crippen MR) is 101 cm³/mol. The quantitative estimate of drug-likeness (QED) is 0.680. The van der Waals surface area contributed by atoms with Crippen molar-refractivity contribution in [3.05, 3.63) is 83.9 Å². The van der Waals surface area contributed by atoms with Crippen LogP contribution in [0.3, 0.4) is 0 Å². The molecule has 3 aromatic carbocycles. The normalized spacial score (nSPS) is 10.3. The Hall–Kier alpha value is -3.27. The molecule has 0 radical (unpaired) electrons. The van der Waals surface area contributed by atoms with E-state index >= 15 is 0 Å². The van der Waals surface area contributed by atoms with Gasteiger partial charge in [0.25, 0.3) is 0 Å². The van der Waals surface area contributed by atoms with Crippen LogP contribution in [0.5, 0.6) is 11.5 Å². The number of benzene rings is 3. The number of aliphatic carboxylic acids is 1. The van der Waals surface area contributed by atoms with Gasteiger partial charge in [-0.25, -0.2) is 0 Å². The number of rotatable bonds is 7. The van der Waals surface area contributed by atoms with Crippen LogP contribution >= 0.6 is 0 Å². The van der Waals surface area contributed by atoms with Crippen LogP contribution in [0.4, 0.5) is 0 Å². The van der Waals surface area contributed by atoms with Gasteiger partial charge in [-0.2, -0.15) is 0 Å². The van der Waals surface area contributed by atoms with E-state index in [0.717, 1.165) is 22.4 Å². The van der Waals surface area contributed by atoms with Gasteiger partial charge in [0.05, 0.1) is 13.5 Å². The minimum Gasteiger partial charge on any atom is -0.496 e. The molecule has 0 atom stereocenters. The van der Waals surface area contributed by atoms with Gasteiger partial charge in [-0.15, -0.1) is 0 Å². The Morgan fingerprint density at radius 3 is 2.38 bits per heavy atom. The Morgan fingerprint density at radius 1 is 0.923 bits per heavy atom. The molecule has 0 aromatic heterocycles. The molecular weight excluding hydrogens is 328 g/mol. The van der Waals surface area contributed by atoms with Crippen LogP contribution in [0.15, 0.2) is 72.8 Å². The van der Waals surface area contributed by atoms with Gasteiger partial charge >= 0.3 is 5.97 Å². The molecule has 0 bridgehead atoms. The van der Waals surface area contributed by atoms with Gasteiger partial charge in [0.2, 0.25) is 0 Å². The van der Waals surface area contributed by atoms with E-state index in [4.69, 9.17) is 9.47 Å². The van der Waals surface area contributed by atoms with E-state index in [-0.39, 0.29) is 6.42 Å². The second-order valence-electron chi connectivity index (χ2n) is 5.87. The van der Waals surface area contributed by atoms with E-state index in [1.165, 1.54) is 0 Å². The van der Waals surface area contributed by atoms with Crippen LogP contribution in [-0.2, 0) is 17.8 Å². The molecule has 0 aliphatic rings. The maximum atomic E-state index is 11.3. The lowest BCUT2D eigenvalue weighted by atomic mass is 10.00. The Morgan fingerprint density at radius 2 is 1.65 bits per heavy atom. The molecule has 0 aliphatic heterocycles. The summed E-state index contributed by atoms with van der Waals surface area (Å²) in [6, 6.07) is 23.0. The second-order valence-corrected chi connectivity index (χ2v) is 5.87. The van der Waals surface area contributed by atoms with E-state index < -0.39 is 5.97 Å². The molecule has 4 nitrogen and oxygen atoms in total. The van der Waals surface area contributed by atoms with Crippen molar-refractivity contribution in [2.75, 3.05) is 7.11 Å². The molecule has 4 heteroatoms. The molecule has 0 aliphatic carbocycles. The number of ether oxygens (including phenoxy) is 2. The number of hydrogen-bond donors (Lipinski definition) is 1. The fourth-order valence-electron chi connectivity index (χ4n) is 2.81. The highest BCUT2D eigenvalue weighted by atomic mass is 16.5. The van der Waals surface area contributed by atoms with E-state index in [1.807, 2.05) is 72.8 Å². The highest BCUT2D eigenvalue weighted by Gasteiger charge is 2.12. The van der Waals surface area contributed by atoms with Crippen molar-refractivity contribution in [2.45, 2.75) is 13.0 Å². The predicted octanol–water partition coefficient (Wildman–Crippen LogP) is 4.57. The Balaban J connectivity index is 1.91. The number of hydrogen-bond acceptors (Lipinski definition) is 3. The molecule has 0 heterocycles. The maximum absolute atomic E-state index is 11.3. The fraction of sp³-hybridized carbons (Fsp3) is 0.136. The lowest BCUT2D eigenvalue weighted by molar-refractivity contribution is -0.136. The van der Waals surface area contributed by atoms with E-state index in [9.17, 15) is 9.90 Å². The summed E-state index contributed by atoms with van der Waals surface area (Å²) in [5.74, 6) is 0.424. The van der Waals surface area contributed by atoms with Crippen LogP contribution in [0, 0.1) is 0 Å². The van der Waals surface area contributed by atoms with Gasteiger partial charge in [-0.3, -0.25) is 4.79 Å². The summed E-state index contributed by atoms with van der Waals surface area (Å²) in [6.07, 6.45) is -0.104. The summed E-state index contributed by atoms with van der Waals surface area (Å²) in [5, 5.41) is 9.26. The Labute approximate surface area is 152 Å². The van der Waals surface area contributed by atoms with E-state index in [2.05, 4.69) is 0 Å². The Kier molecular flexibility index (Phi) is 5.54. The third kappa shape index (κ3) is 4.22. The first-order valence-electron chi connectivity index (χ1n) is 8.32. The minimum atomic E-state index is -0.897. The maximum Gasteiger partial charge on any atom is 0.307 e. The number of carbonyl (C=O) groups is 1. The lowest BCUT2D eigenvalue weighted by Crippen LogP contribution is -2.04. The molecular formula is C22H20O4. The van der Waals surface area contributed by atoms with Crippen LogP contribution in [-0.4, -0.2) is 18.2 Å². The standard InChI is InChI=1S/C22H20O4/c1-25-21-10-6-5-9-19(21)17-11-12-20(18(13-17)14-22(23)24)26-15-16-7-3-2-4-8-16/h2-13H,14-15H2,1H3,(H,23,24). The molecule has 0 spiro atoms. The molecule has 3 rings (SSSR count). The zero-order valence-corrected chi connectivity index (χ0v) is 14.5. The number of carboxylic acids is 1. The third-order valence-corrected chi connectivity index (χ3v) is 4.06. The molecule has 132 valence electrons. The van der Waals surface area contributed by atoms with Crippen LogP contribution in [0.25, 0.3) is 11.1 Å². The molecule has 26 heavy (non-hydrogen) atoms. The minimum absolute atomic E-state index is 0.104. The summed E-state index contributed by atoms with van der Waals surface area (Å²) in [7, 11) is 1.62. The summed E-state index contributed by atoms with van der Waals surface area (Å²) < 4.78 is 11.3. The fourth-order valence-corrected chi connectivity index (χ4v) is 2.81. The van der Waals surface area contributed by atoms with E-state index in [0.29, 0.717) is 17.9 Å². The summed E-state index contributed by atoms with van der Waals surface area (Å²) in [5.41, 5.74) is 3.47. The molecule has 0 saturated carbocycles. The topological polar surface area (TPSA) is 55.8 Å². The van der Waals surface area contributed by atoms with Crippen molar-refractivity contribution in [1.29, 1.82) is 0 Å². The average Bonchev–Trinajstić information content (AvgIpc) is 2.67. The molecule has 0 fully saturated rings. The zero-order chi connectivity index (χ0) is 18.4. The number of para-hydroxylation sites is 1. The van der Waals surface area contributed by atoms with E-state index in [1.54, 1.807) is 7.11 Å². The largest absolute Gasteiger partial charge is 0.496 e. The second kappa shape index (κ2) is 8.21. The summed E-state index contributed by atoms with van der Waals surface area (Å²) in [6.45, 7) is 0.390. The highest BCUT2D eigenvalue weighted by molar-refractivity contribution is 5.76. The first-order chi connectivity index (χ1) is 12.7. The van der Waals surface area contributed by atoms with Gasteiger partial charge in [-0.05, 0) is 29.3 Å². The highest BCUT2D eigenvalue weighted by Crippen LogP contribution is 2.33. The van der Waals surface area contributed by atoms with Crippen LogP contribution in [0.2, 0.25) is 0 Å².